The average Bonchev–Trinajstić information content (AvgIpc) is 2.62. The summed E-state index contributed by atoms with van der Waals surface area (Å²) in [5, 5.41) is 7.06. The third-order valence-electron chi connectivity index (χ3n) is 3.33. The number of halogens is 3. The standard InChI is InChI=1S/C18H20ClF2N3O/c1-22-18(23-10-13-5-7-15(19)8-6-13)24-11-14-3-2-4-16(9-14)25-12-17(20)21/h2-9,17H,10-12H2,1H3,(H2,22,23,24). The third-order valence-corrected chi connectivity index (χ3v) is 3.58. The zero-order valence-corrected chi connectivity index (χ0v) is 14.6. The van der Waals surface area contributed by atoms with Gasteiger partial charge in [0, 0.05) is 25.2 Å². The highest BCUT2D eigenvalue weighted by Crippen LogP contribution is 2.14. The molecule has 2 N–H and O–H groups in total. The maximum absolute atomic E-state index is 12.2. The van der Waals surface area contributed by atoms with Gasteiger partial charge in [-0.15, -0.1) is 0 Å². The summed E-state index contributed by atoms with van der Waals surface area (Å²) < 4.78 is 29.4. The van der Waals surface area contributed by atoms with Gasteiger partial charge in [0.15, 0.2) is 5.96 Å². The fraction of sp³-hybridized carbons (Fsp3) is 0.278. The number of hydrogen-bond donors (Lipinski definition) is 2. The van der Waals surface area contributed by atoms with Gasteiger partial charge in [0.1, 0.15) is 12.4 Å². The Morgan fingerprint density at radius 3 is 2.40 bits per heavy atom. The molecule has 0 amide bonds. The molecule has 0 aromatic heterocycles. The molecule has 2 rings (SSSR count). The van der Waals surface area contributed by atoms with Gasteiger partial charge in [-0.25, -0.2) is 8.78 Å². The normalized spacial score (nSPS) is 11.5. The second kappa shape index (κ2) is 9.84. The van der Waals surface area contributed by atoms with Crippen molar-refractivity contribution >= 4 is 17.6 Å². The van der Waals surface area contributed by atoms with Crippen LogP contribution in [0.2, 0.25) is 5.02 Å². The second-order valence-electron chi connectivity index (χ2n) is 5.26. The van der Waals surface area contributed by atoms with E-state index in [0.717, 1.165) is 11.1 Å². The molecule has 4 nitrogen and oxygen atoms in total. The summed E-state index contributed by atoms with van der Waals surface area (Å²) in [7, 11) is 1.68. The highest BCUT2D eigenvalue weighted by molar-refractivity contribution is 6.30. The number of rotatable bonds is 7. The van der Waals surface area contributed by atoms with E-state index in [1.165, 1.54) is 0 Å². The molecule has 0 spiro atoms. The van der Waals surface area contributed by atoms with Crippen molar-refractivity contribution in [2.24, 2.45) is 4.99 Å². The van der Waals surface area contributed by atoms with Crippen LogP contribution in [-0.2, 0) is 13.1 Å². The Kier molecular flexibility index (Phi) is 7.47. The number of ether oxygens (including phenoxy) is 1. The lowest BCUT2D eigenvalue weighted by molar-refractivity contribution is 0.0818. The van der Waals surface area contributed by atoms with E-state index in [1.807, 2.05) is 30.3 Å². The van der Waals surface area contributed by atoms with E-state index in [4.69, 9.17) is 16.3 Å². The number of guanidine groups is 1. The Bertz CT molecular complexity index is 693. The lowest BCUT2D eigenvalue weighted by atomic mass is 10.2. The Labute approximate surface area is 150 Å². The number of nitrogens with zero attached hydrogens (tertiary/aromatic N) is 1. The molecule has 134 valence electrons. The van der Waals surface area contributed by atoms with Crippen LogP contribution in [0.25, 0.3) is 0 Å². The predicted molar refractivity (Wildman–Crippen MR) is 96.4 cm³/mol. The van der Waals surface area contributed by atoms with Gasteiger partial charge >= 0.3 is 0 Å². The van der Waals surface area contributed by atoms with Crippen LogP contribution in [0.3, 0.4) is 0 Å². The van der Waals surface area contributed by atoms with Crippen LogP contribution in [0.4, 0.5) is 8.78 Å². The lowest BCUT2D eigenvalue weighted by Gasteiger charge is -2.13. The molecule has 0 saturated carbocycles. The molecule has 0 radical (unpaired) electrons. The Morgan fingerprint density at radius 2 is 1.76 bits per heavy atom. The molecule has 0 atom stereocenters. The number of benzene rings is 2. The zero-order chi connectivity index (χ0) is 18.1. The molecule has 0 bridgehead atoms. The van der Waals surface area contributed by atoms with Crippen molar-refractivity contribution in [2.45, 2.75) is 19.5 Å². The fourth-order valence-electron chi connectivity index (χ4n) is 2.10. The van der Waals surface area contributed by atoms with Crippen molar-refractivity contribution < 1.29 is 13.5 Å². The van der Waals surface area contributed by atoms with Gasteiger partial charge in [-0.3, -0.25) is 4.99 Å². The minimum absolute atomic E-state index is 0.420. The van der Waals surface area contributed by atoms with Gasteiger partial charge in [0.25, 0.3) is 6.43 Å². The van der Waals surface area contributed by atoms with Crippen molar-refractivity contribution in [1.82, 2.24) is 10.6 Å². The first kappa shape index (κ1) is 19.0. The van der Waals surface area contributed by atoms with Gasteiger partial charge < -0.3 is 15.4 Å². The van der Waals surface area contributed by atoms with Crippen LogP contribution in [-0.4, -0.2) is 26.0 Å². The molecule has 7 heteroatoms. The monoisotopic (exact) mass is 367 g/mol. The maximum atomic E-state index is 12.2. The van der Waals surface area contributed by atoms with Crippen LogP contribution in [0.1, 0.15) is 11.1 Å². The molecule has 2 aromatic rings. The number of hydrogen-bond acceptors (Lipinski definition) is 2. The summed E-state index contributed by atoms with van der Waals surface area (Å²) in [6.07, 6.45) is -2.49. The summed E-state index contributed by atoms with van der Waals surface area (Å²) >= 11 is 5.86. The SMILES string of the molecule is CN=C(NCc1ccc(Cl)cc1)NCc1cccc(OCC(F)F)c1. The van der Waals surface area contributed by atoms with E-state index in [9.17, 15) is 8.78 Å². The van der Waals surface area contributed by atoms with Crippen LogP contribution in [0, 0.1) is 0 Å². The van der Waals surface area contributed by atoms with E-state index in [0.29, 0.717) is 29.8 Å². The molecule has 0 saturated heterocycles. The summed E-state index contributed by atoms with van der Waals surface area (Å²) in [5.74, 6) is 1.05. The topological polar surface area (TPSA) is 45.7 Å². The molecule has 0 heterocycles. The first-order valence-corrected chi connectivity index (χ1v) is 8.13. The minimum Gasteiger partial charge on any atom is -0.488 e. The van der Waals surface area contributed by atoms with Gasteiger partial charge in [0.2, 0.25) is 0 Å². The first-order valence-electron chi connectivity index (χ1n) is 7.75. The van der Waals surface area contributed by atoms with Gasteiger partial charge in [-0.05, 0) is 35.4 Å². The van der Waals surface area contributed by atoms with Crippen molar-refractivity contribution in [3.05, 3.63) is 64.7 Å². The first-order chi connectivity index (χ1) is 12.1. The molecule has 25 heavy (non-hydrogen) atoms. The number of alkyl halides is 2. The van der Waals surface area contributed by atoms with E-state index in [1.54, 1.807) is 25.2 Å². The predicted octanol–water partition coefficient (Wildman–Crippen LogP) is 3.85. The molecular formula is C18H20ClF2N3O. The van der Waals surface area contributed by atoms with Crippen molar-refractivity contribution in [1.29, 1.82) is 0 Å². The Hall–Kier alpha value is -2.34. The zero-order valence-electron chi connectivity index (χ0n) is 13.8. The maximum Gasteiger partial charge on any atom is 0.272 e. The van der Waals surface area contributed by atoms with E-state index < -0.39 is 13.0 Å². The van der Waals surface area contributed by atoms with Crippen LogP contribution in [0.5, 0.6) is 5.75 Å². The van der Waals surface area contributed by atoms with E-state index in [2.05, 4.69) is 15.6 Å². The summed E-state index contributed by atoms with van der Waals surface area (Å²) in [6, 6.07) is 14.6. The van der Waals surface area contributed by atoms with Crippen LogP contribution < -0.4 is 15.4 Å². The second-order valence-corrected chi connectivity index (χ2v) is 5.69. The van der Waals surface area contributed by atoms with Crippen LogP contribution >= 0.6 is 11.6 Å². The highest BCUT2D eigenvalue weighted by atomic mass is 35.5. The third kappa shape index (κ3) is 6.97. The van der Waals surface area contributed by atoms with Gasteiger partial charge in [-0.2, -0.15) is 0 Å². The summed E-state index contributed by atoms with van der Waals surface area (Å²) in [5.41, 5.74) is 1.98. The summed E-state index contributed by atoms with van der Waals surface area (Å²) in [4.78, 5) is 4.16. The number of nitrogens with one attached hydrogen (secondary N) is 2. The molecule has 2 aromatic carbocycles. The molecule has 0 fully saturated rings. The largest absolute Gasteiger partial charge is 0.488 e. The van der Waals surface area contributed by atoms with Gasteiger partial charge in [0.05, 0.1) is 0 Å². The van der Waals surface area contributed by atoms with E-state index in [-0.39, 0.29) is 0 Å². The Balaban J connectivity index is 1.83. The molecule has 0 unspecified atom stereocenters. The van der Waals surface area contributed by atoms with Crippen LogP contribution in [0.15, 0.2) is 53.5 Å². The van der Waals surface area contributed by atoms with Gasteiger partial charge in [-0.1, -0.05) is 35.9 Å². The average molecular weight is 368 g/mol. The molecular weight excluding hydrogens is 348 g/mol. The van der Waals surface area contributed by atoms with Crippen molar-refractivity contribution in [2.75, 3.05) is 13.7 Å². The molecule has 0 aliphatic carbocycles. The molecule has 0 aliphatic rings. The number of aliphatic imine (C=N–C) groups is 1. The summed E-state index contributed by atoms with van der Waals surface area (Å²) in [6.45, 7) is 0.488. The van der Waals surface area contributed by atoms with Crippen molar-refractivity contribution in [3.8, 4) is 5.75 Å². The fourth-order valence-corrected chi connectivity index (χ4v) is 2.22. The Morgan fingerprint density at radius 1 is 1.08 bits per heavy atom. The molecule has 0 aliphatic heterocycles. The quantitative estimate of drug-likeness (QED) is 0.577. The lowest BCUT2D eigenvalue weighted by Crippen LogP contribution is -2.36. The minimum atomic E-state index is -2.49. The smallest absolute Gasteiger partial charge is 0.272 e. The highest BCUT2D eigenvalue weighted by Gasteiger charge is 2.05. The van der Waals surface area contributed by atoms with Crippen molar-refractivity contribution in [3.63, 3.8) is 0 Å². The van der Waals surface area contributed by atoms with E-state index >= 15 is 0 Å².